The molecule has 1 aromatic rings. The second kappa shape index (κ2) is 12.4. The number of morpholine rings is 1. The number of nitrogens with one attached hydrogen (secondary N) is 1. The molecule has 7 heteroatoms. The van der Waals surface area contributed by atoms with Gasteiger partial charge in [-0.05, 0) is 37.7 Å². The zero-order valence-electron chi connectivity index (χ0n) is 19.1. The highest BCUT2D eigenvalue weighted by Crippen LogP contribution is 2.33. The van der Waals surface area contributed by atoms with Gasteiger partial charge in [-0.15, -0.1) is 24.0 Å². The SMILES string of the molecule is CN=C(NCC1CCCOC1c1ccc(C)cc1)N1CCC(CN2CCOCC2)C1.I. The lowest BCUT2D eigenvalue weighted by molar-refractivity contribution is -0.0266. The molecule has 1 N–H and O–H groups in total. The molecule has 6 nitrogen and oxygen atoms in total. The number of rotatable bonds is 5. The van der Waals surface area contributed by atoms with Gasteiger partial charge >= 0.3 is 0 Å². The van der Waals surface area contributed by atoms with Crippen molar-refractivity contribution in [2.24, 2.45) is 16.8 Å². The molecule has 0 saturated carbocycles. The first kappa shape index (κ1) is 24.7. The van der Waals surface area contributed by atoms with Crippen molar-refractivity contribution in [3.05, 3.63) is 35.4 Å². The van der Waals surface area contributed by atoms with Crippen LogP contribution in [0.2, 0.25) is 0 Å². The van der Waals surface area contributed by atoms with Gasteiger partial charge in [-0.2, -0.15) is 0 Å². The summed E-state index contributed by atoms with van der Waals surface area (Å²) in [5, 5.41) is 3.68. The Labute approximate surface area is 204 Å². The summed E-state index contributed by atoms with van der Waals surface area (Å²) in [5.41, 5.74) is 2.60. The second-order valence-electron chi connectivity index (χ2n) is 9.05. The van der Waals surface area contributed by atoms with Crippen LogP contribution in [-0.4, -0.2) is 81.9 Å². The predicted molar refractivity (Wildman–Crippen MR) is 136 cm³/mol. The Morgan fingerprint density at radius 2 is 1.87 bits per heavy atom. The number of benzene rings is 1. The van der Waals surface area contributed by atoms with Crippen LogP contribution in [0.25, 0.3) is 0 Å². The van der Waals surface area contributed by atoms with E-state index in [2.05, 4.69) is 51.3 Å². The van der Waals surface area contributed by atoms with E-state index >= 15 is 0 Å². The average Bonchev–Trinajstić information content (AvgIpc) is 3.24. The number of ether oxygens (including phenoxy) is 2. The van der Waals surface area contributed by atoms with Crippen LogP contribution in [0.4, 0.5) is 0 Å². The molecule has 0 aromatic heterocycles. The van der Waals surface area contributed by atoms with E-state index in [0.29, 0.717) is 5.92 Å². The van der Waals surface area contributed by atoms with Gasteiger partial charge in [0.2, 0.25) is 0 Å². The van der Waals surface area contributed by atoms with Crippen LogP contribution in [0.15, 0.2) is 29.3 Å². The van der Waals surface area contributed by atoms with Gasteiger partial charge < -0.3 is 19.7 Å². The largest absolute Gasteiger partial charge is 0.379 e. The summed E-state index contributed by atoms with van der Waals surface area (Å²) >= 11 is 0. The van der Waals surface area contributed by atoms with Crippen molar-refractivity contribution in [2.45, 2.75) is 32.3 Å². The molecule has 0 bridgehead atoms. The van der Waals surface area contributed by atoms with Crippen molar-refractivity contribution < 1.29 is 9.47 Å². The van der Waals surface area contributed by atoms with E-state index in [1.807, 2.05) is 7.05 Å². The minimum atomic E-state index is 0. The Kier molecular flexibility index (Phi) is 9.87. The summed E-state index contributed by atoms with van der Waals surface area (Å²) in [6.07, 6.45) is 3.76. The Morgan fingerprint density at radius 3 is 2.61 bits per heavy atom. The summed E-state index contributed by atoms with van der Waals surface area (Å²) in [4.78, 5) is 9.60. The summed E-state index contributed by atoms with van der Waals surface area (Å²) in [5.74, 6) is 2.25. The number of hydrogen-bond donors (Lipinski definition) is 1. The van der Waals surface area contributed by atoms with Crippen molar-refractivity contribution in [3.63, 3.8) is 0 Å². The zero-order chi connectivity index (χ0) is 20.8. The van der Waals surface area contributed by atoms with Crippen LogP contribution in [0, 0.1) is 18.8 Å². The van der Waals surface area contributed by atoms with Gasteiger partial charge in [0.05, 0.1) is 19.3 Å². The molecule has 3 atom stereocenters. The van der Waals surface area contributed by atoms with Gasteiger partial charge in [0.1, 0.15) is 0 Å². The topological polar surface area (TPSA) is 49.3 Å². The van der Waals surface area contributed by atoms with Crippen LogP contribution in [0.3, 0.4) is 0 Å². The molecule has 174 valence electrons. The third-order valence-corrected chi connectivity index (χ3v) is 6.79. The molecular formula is C24H39IN4O2. The Balaban J connectivity index is 0.00000272. The summed E-state index contributed by atoms with van der Waals surface area (Å²) in [7, 11) is 1.91. The average molecular weight is 543 g/mol. The number of nitrogens with zero attached hydrogens (tertiary/aromatic N) is 3. The molecule has 3 unspecified atom stereocenters. The predicted octanol–water partition coefficient (Wildman–Crippen LogP) is 3.31. The molecule has 0 aliphatic carbocycles. The number of aryl methyl sites for hydroxylation is 1. The van der Waals surface area contributed by atoms with Crippen molar-refractivity contribution in [3.8, 4) is 0 Å². The van der Waals surface area contributed by atoms with Crippen LogP contribution in [0.5, 0.6) is 0 Å². The summed E-state index contributed by atoms with van der Waals surface area (Å²) in [6, 6.07) is 8.83. The Hall–Kier alpha value is -0.900. The smallest absolute Gasteiger partial charge is 0.193 e. The number of hydrogen-bond acceptors (Lipinski definition) is 4. The van der Waals surface area contributed by atoms with Gasteiger partial charge in [-0.25, -0.2) is 0 Å². The highest BCUT2D eigenvalue weighted by atomic mass is 127. The minimum Gasteiger partial charge on any atom is -0.379 e. The van der Waals surface area contributed by atoms with E-state index in [9.17, 15) is 0 Å². The molecule has 4 rings (SSSR count). The first-order chi connectivity index (χ1) is 14.7. The first-order valence-corrected chi connectivity index (χ1v) is 11.7. The van der Waals surface area contributed by atoms with Gasteiger partial charge in [0, 0.05) is 58.8 Å². The molecule has 0 amide bonds. The van der Waals surface area contributed by atoms with Crippen LogP contribution in [-0.2, 0) is 9.47 Å². The molecule has 1 aromatic carbocycles. The van der Waals surface area contributed by atoms with Gasteiger partial charge in [0.25, 0.3) is 0 Å². The molecular weight excluding hydrogens is 503 g/mol. The maximum absolute atomic E-state index is 6.20. The van der Waals surface area contributed by atoms with Gasteiger partial charge in [-0.3, -0.25) is 9.89 Å². The van der Waals surface area contributed by atoms with Crippen LogP contribution in [0.1, 0.15) is 36.5 Å². The van der Waals surface area contributed by atoms with Crippen LogP contribution >= 0.6 is 24.0 Å². The summed E-state index contributed by atoms with van der Waals surface area (Å²) < 4.78 is 11.7. The molecule has 3 aliphatic heterocycles. The van der Waals surface area contributed by atoms with E-state index in [1.54, 1.807) is 0 Å². The lowest BCUT2D eigenvalue weighted by Crippen LogP contribution is -2.44. The zero-order valence-corrected chi connectivity index (χ0v) is 21.4. The van der Waals surface area contributed by atoms with E-state index in [4.69, 9.17) is 9.47 Å². The maximum Gasteiger partial charge on any atom is 0.193 e. The molecule has 3 saturated heterocycles. The normalized spacial score (nSPS) is 27.7. The number of likely N-dealkylation sites (tertiary alicyclic amines) is 1. The van der Waals surface area contributed by atoms with E-state index in [0.717, 1.165) is 70.8 Å². The van der Waals surface area contributed by atoms with Crippen molar-refractivity contribution >= 4 is 29.9 Å². The second-order valence-corrected chi connectivity index (χ2v) is 9.05. The molecule has 0 radical (unpaired) electrons. The minimum absolute atomic E-state index is 0. The molecule has 3 fully saturated rings. The molecule has 0 spiro atoms. The van der Waals surface area contributed by atoms with Gasteiger partial charge in [0.15, 0.2) is 5.96 Å². The quantitative estimate of drug-likeness (QED) is 0.352. The fraction of sp³-hybridized carbons (Fsp3) is 0.708. The monoisotopic (exact) mass is 542 g/mol. The standard InChI is InChI=1S/C24H38N4O2.HI/c1-19-5-7-21(8-6-19)23-22(4-3-13-30-23)16-26-24(25-2)28-10-9-20(18-28)17-27-11-14-29-15-12-27;/h5-8,20,22-23H,3-4,9-18H2,1-2H3,(H,25,26);1H. The van der Waals surface area contributed by atoms with Crippen molar-refractivity contribution in [1.29, 1.82) is 0 Å². The lowest BCUT2D eigenvalue weighted by atomic mass is 9.89. The molecule has 31 heavy (non-hydrogen) atoms. The fourth-order valence-corrected chi connectivity index (χ4v) is 5.05. The molecule has 3 aliphatic rings. The van der Waals surface area contributed by atoms with Crippen LogP contribution < -0.4 is 5.32 Å². The van der Waals surface area contributed by atoms with E-state index in [-0.39, 0.29) is 30.1 Å². The maximum atomic E-state index is 6.20. The number of halogens is 1. The fourth-order valence-electron chi connectivity index (χ4n) is 5.05. The highest BCUT2D eigenvalue weighted by molar-refractivity contribution is 14.0. The third kappa shape index (κ3) is 6.79. The highest BCUT2D eigenvalue weighted by Gasteiger charge is 2.30. The lowest BCUT2D eigenvalue weighted by Gasteiger charge is -2.33. The Bertz CT molecular complexity index is 693. The van der Waals surface area contributed by atoms with E-state index < -0.39 is 0 Å². The molecule has 3 heterocycles. The van der Waals surface area contributed by atoms with E-state index in [1.165, 1.54) is 30.5 Å². The van der Waals surface area contributed by atoms with Gasteiger partial charge in [-0.1, -0.05) is 29.8 Å². The first-order valence-electron chi connectivity index (χ1n) is 11.7. The third-order valence-electron chi connectivity index (χ3n) is 6.79. The number of guanidine groups is 1. The van der Waals surface area contributed by atoms with Crippen molar-refractivity contribution in [2.75, 3.05) is 66.1 Å². The Morgan fingerprint density at radius 1 is 1.10 bits per heavy atom. The summed E-state index contributed by atoms with van der Waals surface area (Å²) in [6.45, 7) is 11.2. The van der Waals surface area contributed by atoms with Crippen molar-refractivity contribution in [1.82, 2.24) is 15.1 Å². The number of aliphatic imine (C=N–C) groups is 1.